The Morgan fingerprint density at radius 2 is 1.96 bits per heavy atom. The summed E-state index contributed by atoms with van der Waals surface area (Å²) < 4.78 is 64.7. The van der Waals surface area contributed by atoms with Gasteiger partial charge in [-0.3, -0.25) is 14.9 Å². The number of benzene rings is 1. The third kappa shape index (κ3) is 3.58. The lowest BCUT2D eigenvalue weighted by Crippen LogP contribution is -2.34. The molecule has 0 amide bonds. The van der Waals surface area contributed by atoms with Crippen molar-refractivity contribution in [1.82, 2.24) is 4.31 Å². The average Bonchev–Trinajstić information content (AvgIpc) is 2.93. The molecule has 0 spiro atoms. The summed E-state index contributed by atoms with van der Waals surface area (Å²) in [7, 11) is -4.52. The topological polar surface area (TPSA) is 118 Å². The molecule has 138 valence electrons. The normalized spacial score (nSPS) is 22.1. The minimum atomic E-state index is -4.88. The summed E-state index contributed by atoms with van der Waals surface area (Å²) in [6, 6.07) is 2.98. The number of halogens is 3. The first-order chi connectivity index (χ1) is 11.4. The van der Waals surface area contributed by atoms with E-state index in [1.807, 2.05) is 0 Å². The molecule has 0 radical (unpaired) electrons. The van der Waals surface area contributed by atoms with Gasteiger partial charge in [0.1, 0.15) is 0 Å². The molecular weight excluding hydrogens is 369 g/mol. The van der Waals surface area contributed by atoms with E-state index in [2.05, 4.69) is 0 Å². The zero-order valence-corrected chi connectivity index (χ0v) is 13.5. The van der Waals surface area contributed by atoms with Crippen LogP contribution in [0.15, 0.2) is 23.1 Å². The number of rotatable bonds is 4. The summed E-state index contributed by atoms with van der Waals surface area (Å²) in [5.74, 6) is -6.04. The number of hydrogen-bond acceptors (Lipinski definition) is 5. The molecule has 2 rings (SSSR count). The Morgan fingerprint density at radius 3 is 2.40 bits per heavy atom. The van der Waals surface area contributed by atoms with Gasteiger partial charge < -0.3 is 5.11 Å². The number of nitro benzene ring substituents is 1. The molecule has 2 atom stereocenters. The maximum Gasteiger partial charge on any atom is 0.393 e. The number of nitrogens with zero attached hydrogens (tertiary/aromatic N) is 2. The monoisotopic (exact) mass is 382 g/mol. The Hall–Kier alpha value is -2.21. The molecule has 8 nitrogen and oxygen atoms in total. The van der Waals surface area contributed by atoms with Gasteiger partial charge in [0.2, 0.25) is 10.0 Å². The lowest BCUT2D eigenvalue weighted by Gasteiger charge is -2.19. The van der Waals surface area contributed by atoms with Crippen LogP contribution in [0.1, 0.15) is 5.56 Å². The maximum atomic E-state index is 13.0. The minimum Gasteiger partial charge on any atom is -0.481 e. The molecule has 0 saturated carbocycles. The van der Waals surface area contributed by atoms with Crippen molar-refractivity contribution in [2.75, 3.05) is 13.1 Å². The first-order valence-corrected chi connectivity index (χ1v) is 8.34. The number of non-ortho nitro benzene ring substituents is 1. The highest BCUT2D eigenvalue weighted by Crippen LogP contribution is 2.40. The van der Waals surface area contributed by atoms with Gasteiger partial charge in [-0.05, 0) is 12.5 Å². The van der Waals surface area contributed by atoms with Gasteiger partial charge in [0, 0.05) is 25.2 Å². The van der Waals surface area contributed by atoms with Crippen LogP contribution in [0.3, 0.4) is 0 Å². The molecule has 12 heteroatoms. The molecule has 1 heterocycles. The summed E-state index contributed by atoms with van der Waals surface area (Å²) in [6.07, 6.45) is -4.88. The van der Waals surface area contributed by atoms with E-state index >= 15 is 0 Å². The van der Waals surface area contributed by atoms with Gasteiger partial charge in [-0.1, -0.05) is 6.07 Å². The number of aliphatic carboxylic acids is 1. The fourth-order valence-corrected chi connectivity index (χ4v) is 4.40. The van der Waals surface area contributed by atoms with E-state index in [4.69, 9.17) is 5.11 Å². The minimum absolute atomic E-state index is 0.105. The molecule has 1 aliphatic heterocycles. The van der Waals surface area contributed by atoms with Crippen molar-refractivity contribution in [3.63, 3.8) is 0 Å². The molecule has 25 heavy (non-hydrogen) atoms. The van der Waals surface area contributed by atoms with Crippen molar-refractivity contribution in [3.8, 4) is 0 Å². The van der Waals surface area contributed by atoms with Crippen molar-refractivity contribution in [1.29, 1.82) is 0 Å². The number of carbonyl (C=O) groups is 1. The Kier molecular flexibility index (Phi) is 4.79. The standard InChI is InChI=1S/C13H13F3N2O6S/c1-7-2-3-8(18(21)22)4-11(7)25(23,24)17-5-9(12(19)20)10(6-17)13(14,15)16/h2-4,9-10H,5-6H2,1H3,(H,19,20)/t9-,10-/m1/s1. The first-order valence-electron chi connectivity index (χ1n) is 6.90. The number of sulfonamides is 1. The second-order valence-corrected chi connectivity index (χ2v) is 7.53. The Morgan fingerprint density at radius 1 is 1.36 bits per heavy atom. The van der Waals surface area contributed by atoms with Gasteiger partial charge in [-0.15, -0.1) is 0 Å². The summed E-state index contributed by atoms with van der Waals surface area (Å²) in [5, 5.41) is 19.8. The van der Waals surface area contributed by atoms with Gasteiger partial charge in [0.15, 0.2) is 0 Å². The number of alkyl halides is 3. The van der Waals surface area contributed by atoms with Crippen molar-refractivity contribution < 1.29 is 36.4 Å². The van der Waals surface area contributed by atoms with E-state index in [9.17, 15) is 36.5 Å². The number of aryl methyl sites for hydroxylation is 1. The Bertz CT molecular complexity index is 824. The smallest absolute Gasteiger partial charge is 0.393 e. The van der Waals surface area contributed by atoms with Gasteiger partial charge in [0.05, 0.1) is 21.7 Å². The highest BCUT2D eigenvalue weighted by molar-refractivity contribution is 7.89. The summed E-state index contributed by atoms with van der Waals surface area (Å²) in [5.41, 5.74) is -0.432. The summed E-state index contributed by atoms with van der Waals surface area (Å²) in [6.45, 7) is -0.572. The number of hydrogen-bond donors (Lipinski definition) is 1. The third-order valence-electron chi connectivity index (χ3n) is 4.02. The van der Waals surface area contributed by atoms with E-state index in [0.717, 1.165) is 18.2 Å². The summed E-state index contributed by atoms with van der Waals surface area (Å²) in [4.78, 5) is 20.5. The quantitative estimate of drug-likeness (QED) is 0.627. The van der Waals surface area contributed by atoms with Crippen LogP contribution in [0.25, 0.3) is 0 Å². The number of carboxylic acid groups (broad SMARTS) is 1. The van der Waals surface area contributed by atoms with Crippen molar-refractivity contribution in [2.45, 2.75) is 18.0 Å². The van der Waals surface area contributed by atoms with Gasteiger partial charge in [0.25, 0.3) is 5.69 Å². The SMILES string of the molecule is Cc1ccc([N+](=O)[O-])cc1S(=O)(=O)N1C[C@@H](C(F)(F)F)[C@H](C(=O)O)C1. The van der Waals surface area contributed by atoms with Gasteiger partial charge in [-0.2, -0.15) is 17.5 Å². The zero-order valence-electron chi connectivity index (χ0n) is 12.7. The lowest BCUT2D eigenvalue weighted by molar-refractivity contribution is -0.385. The van der Waals surface area contributed by atoms with E-state index in [1.54, 1.807) is 0 Å². The molecule has 1 saturated heterocycles. The Balaban J connectivity index is 2.46. The van der Waals surface area contributed by atoms with Crippen molar-refractivity contribution in [2.24, 2.45) is 11.8 Å². The van der Waals surface area contributed by atoms with Crippen LogP contribution in [0.2, 0.25) is 0 Å². The molecule has 1 aromatic carbocycles. The maximum absolute atomic E-state index is 13.0. The van der Waals surface area contributed by atoms with Crippen LogP contribution in [-0.4, -0.2) is 48.0 Å². The second-order valence-electron chi connectivity index (χ2n) is 5.62. The van der Waals surface area contributed by atoms with E-state index < -0.39 is 62.6 Å². The highest BCUT2D eigenvalue weighted by Gasteiger charge is 2.55. The van der Waals surface area contributed by atoms with Crippen molar-refractivity contribution >= 4 is 21.7 Å². The molecule has 1 aliphatic rings. The van der Waals surface area contributed by atoms with Crippen LogP contribution in [0.4, 0.5) is 18.9 Å². The fourth-order valence-electron chi connectivity index (χ4n) is 2.67. The van der Waals surface area contributed by atoms with E-state index in [1.165, 1.54) is 6.92 Å². The fraction of sp³-hybridized carbons (Fsp3) is 0.462. The highest BCUT2D eigenvalue weighted by atomic mass is 32.2. The first kappa shape index (κ1) is 19.1. The van der Waals surface area contributed by atoms with Crippen LogP contribution < -0.4 is 0 Å². The Labute approximate surface area is 140 Å². The molecule has 1 aromatic rings. The van der Waals surface area contributed by atoms with Crippen LogP contribution in [0, 0.1) is 28.9 Å². The predicted molar refractivity (Wildman–Crippen MR) is 77.3 cm³/mol. The molecule has 0 aliphatic carbocycles. The average molecular weight is 382 g/mol. The molecule has 1 N–H and O–H groups in total. The second kappa shape index (κ2) is 6.26. The molecule has 1 fully saturated rings. The van der Waals surface area contributed by atoms with Crippen LogP contribution in [-0.2, 0) is 14.8 Å². The number of carboxylic acids is 1. The predicted octanol–water partition coefficient (Wildman–Crippen LogP) is 1.79. The third-order valence-corrected chi connectivity index (χ3v) is 6.00. The zero-order chi connectivity index (χ0) is 19.2. The van der Waals surface area contributed by atoms with E-state index in [-0.39, 0.29) is 5.56 Å². The van der Waals surface area contributed by atoms with E-state index in [0.29, 0.717) is 4.31 Å². The van der Waals surface area contributed by atoms with Gasteiger partial charge in [-0.25, -0.2) is 8.42 Å². The molecule has 0 aromatic heterocycles. The largest absolute Gasteiger partial charge is 0.481 e. The van der Waals surface area contributed by atoms with Crippen LogP contribution in [0.5, 0.6) is 0 Å². The molecular formula is C13H13F3N2O6S. The lowest BCUT2D eigenvalue weighted by atomic mass is 9.96. The molecule has 0 bridgehead atoms. The number of nitro groups is 1. The van der Waals surface area contributed by atoms with Gasteiger partial charge >= 0.3 is 12.1 Å². The molecule has 0 unspecified atom stereocenters. The van der Waals surface area contributed by atoms with Crippen LogP contribution >= 0.6 is 0 Å². The van der Waals surface area contributed by atoms with Crippen molar-refractivity contribution in [3.05, 3.63) is 33.9 Å². The summed E-state index contributed by atoms with van der Waals surface area (Å²) >= 11 is 0.